The number of anilines is 1. The van der Waals surface area contributed by atoms with Crippen molar-refractivity contribution in [1.82, 2.24) is 9.97 Å². The number of hydrogen-bond donors (Lipinski definition) is 1. The summed E-state index contributed by atoms with van der Waals surface area (Å²) in [5, 5.41) is 0. The van der Waals surface area contributed by atoms with Gasteiger partial charge in [0.05, 0.1) is 16.3 Å². The molecule has 0 aliphatic carbocycles. The average molecular weight is 300 g/mol. The van der Waals surface area contributed by atoms with Crippen molar-refractivity contribution in [3.8, 4) is 0 Å². The lowest BCUT2D eigenvalue weighted by atomic mass is 10.1. The molecule has 1 atom stereocenters. The highest BCUT2D eigenvalue weighted by Gasteiger charge is 2.19. The molecule has 1 aromatic heterocycles. The van der Waals surface area contributed by atoms with Crippen molar-refractivity contribution in [2.45, 2.75) is 45.1 Å². The van der Waals surface area contributed by atoms with Crippen LogP contribution in [0.5, 0.6) is 0 Å². The minimum absolute atomic E-state index is 0.260. The molecule has 0 bridgehead atoms. The van der Waals surface area contributed by atoms with E-state index in [0.717, 1.165) is 41.9 Å². The molecule has 17 heavy (non-hydrogen) atoms. The number of nitrogen functional groups attached to an aromatic ring is 1. The molecule has 1 fully saturated rings. The van der Waals surface area contributed by atoms with E-state index in [1.807, 2.05) is 0 Å². The summed E-state index contributed by atoms with van der Waals surface area (Å²) >= 11 is 3.45. The highest BCUT2D eigenvalue weighted by molar-refractivity contribution is 9.10. The molecule has 2 N–H and O–H groups in total. The first-order chi connectivity index (χ1) is 8.08. The molecule has 1 aliphatic heterocycles. The molecular formula is C12H18BrN3O. The van der Waals surface area contributed by atoms with Crippen LogP contribution in [0.3, 0.4) is 0 Å². The quantitative estimate of drug-likeness (QED) is 0.932. The van der Waals surface area contributed by atoms with E-state index >= 15 is 0 Å². The largest absolute Gasteiger partial charge is 0.383 e. The standard InChI is InChI=1S/C12H18BrN3O/c1-7(2)11-10(13)12(14)16-9(15-11)6-8-4-3-5-17-8/h7-8H,3-6H2,1-2H3,(H2,14,15,16). The minimum atomic E-state index is 0.260. The van der Waals surface area contributed by atoms with Crippen molar-refractivity contribution in [2.75, 3.05) is 12.3 Å². The maximum absolute atomic E-state index is 5.89. The Kier molecular flexibility index (Phi) is 3.99. The van der Waals surface area contributed by atoms with Crippen LogP contribution in [0.4, 0.5) is 5.82 Å². The summed E-state index contributed by atoms with van der Waals surface area (Å²) in [6.07, 6.45) is 3.25. The number of aromatic nitrogens is 2. The number of hydrogen-bond acceptors (Lipinski definition) is 4. The second kappa shape index (κ2) is 5.31. The van der Waals surface area contributed by atoms with Crippen LogP contribution in [0.1, 0.15) is 44.1 Å². The molecule has 1 aliphatic rings. The predicted molar refractivity (Wildman–Crippen MR) is 70.9 cm³/mol. The molecule has 0 aromatic carbocycles. The first-order valence-corrected chi connectivity index (χ1v) is 6.80. The molecule has 4 nitrogen and oxygen atoms in total. The summed E-state index contributed by atoms with van der Waals surface area (Å²) in [6.45, 7) is 5.05. The minimum Gasteiger partial charge on any atom is -0.383 e. The van der Waals surface area contributed by atoms with E-state index < -0.39 is 0 Å². The number of nitrogens with two attached hydrogens (primary N) is 1. The number of halogens is 1. The van der Waals surface area contributed by atoms with Crippen LogP contribution in [0, 0.1) is 0 Å². The normalized spacial score (nSPS) is 20.1. The summed E-state index contributed by atoms with van der Waals surface area (Å²) in [5.41, 5.74) is 6.87. The Labute approximate surface area is 110 Å². The third-order valence-electron chi connectivity index (χ3n) is 2.93. The van der Waals surface area contributed by atoms with Crippen molar-refractivity contribution in [3.63, 3.8) is 0 Å². The van der Waals surface area contributed by atoms with Crippen LogP contribution in [-0.2, 0) is 11.2 Å². The Bertz CT molecular complexity index is 403. The van der Waals surface area contributed by atoms with Crippen molar-refractivity contribution in [2.24, 2.45) is 0 Å². The zero-order valence-corrected chi connectivity index (χ0v) is 11.8. The number of nitrogens with zero attached hydrogens (tertiary/aromatic N) is 2. The summed E-state index contributed by atoms with van der Waals surface area (Å²) in [4.78, 5) is 8.90. The molecule has 1 aromatic rings. The summed E-state index contributed by atoms with van der Waals surface area (Å²) < 4.78 is 6.42. The van der Waals surface area contributed by atoms with E-state index in [2.05, 4.69) is 39.7 Å². The fourth-order valence-corrected chi connectivity index (χ4v) is 2.65. The van der Waals surface area contributed by atoms with Crippen LogP contribution in [0.2, 0.25) is 0 Å². The van der Waals surface area contributed by atoms with Crippen LogP contribution in [0.15, 0.2) is 4.47 Å². The van der Waals surface area contributed by atoms with Gasteiger partial charge in [-0.25, -0.2) is 9.97 Å². The SMILES string of the molecule is CC(C)c1nc(CC2CCCO2)nc(N)c1Br. The van der Waals surface area contributed by atoms with Gasteiger partial charge in [0.1, 0.15) is 11.6 Å². The summed E-state index contributed by atoms with van der Waals surface area (Å²) in [5.74, 6) is 1.65. The smallest absolute Gasteiger partial charge is 0.141 e. The molecule has 1 saturated heterocycles. The van der Waals surface area contributed by atoms with E-state index in [0.29, 0.717) is 11.7 Å². The van der Waals surface area contributed by atoms with Crippen LogP contribution in [0.25, 0.3) is 0 Å². The molecule has 2 rings (SSSR count). The zero-order valence-electron chi connectivity index (χ0n) is 10.2. The van der Waals surface area contributed by atoms with Gasteiger partial charge in [-0.1, -0.05) is 13.8 Å². The van der Waals surface area contributed by atoms with E-state index in [1.165, 1.54) is 0 Å². The monoisotopic (exact) mass is 299 g/mol. The molecule has 2 heterocycles. The molecule has 5 heteroatoms. The summed E-state index contributed by atoms with van der Waals surface area (Å²) in [6, 6.07) is 0. The van der Waals surface area contributed by atoms with Crippen molar-refractivity contribution >= 4 is 21.7 Å². The van der Waals surface area contributed by atoms with Gasteiger partial charge in [0, 0.05) is 13.0 Å². The molecule has 1 unspecified atom stereocenters. The third-order valence-corrected chi connectivity index (χ3v) is 3.74. The Morgan fingerprint density at radius 3 is 2.82 bits per heavy atom. The van der Waals surface area contributed by atoms with Crippen molar-refractivity contribution in [1.29, 1.82) is 0 Å². The van der Waals surface area contributed by atoms with E-state index in [4.69, 9.17) is 10.5 Å². The second-order valence-electron chi connectivity index (χ2n) is 4.72. The Balaban J connectivity index is 2.22. The van der Waals surface area contributed by atoms with E-state index in [-0.39, 0.29) is 6.10 Å². The molecule has 0 saturated carbocycles. The second-order valence-corrected chi connectivity index (χ2v) is 5.51. The molecule has 0 amide bonds. The topological polar surface area (TPSA) is 61.0 Å². The first kappa shape index (κ1) is 12.8. The zero-order chi connectivity index (χ0) is 12.4. The molecule has 0 spiro atoms. The van der Waals surface area contributed by atoms with Crippen molar-refractivity contribution in [3.05, 3.63) is 16.0 Å². The number of ether oxygens (including phenoxy) is 1. The highest BCUT2D eigenvalue weighted by atomic mass is 79.9. The van der Waals surface area contributed by atoms with Gasteiger partial charge < -0.3 is 10.5 Å². The maximum atomic E-state index is 5.89. The van der Waals surface area contributed by atoms with Gasteiger partial charge in [-0.05, 0) is 34.7 Å². The van der Waals surface area contributed by atoms with Gasteiger partial charge in [0.15, 0.2) is 0 Å². The Morgan fingerprint density at radius 2 is 2.24 bits per heavy atom. The van der Waals surface area contributed by atoms with Crippen LogP contribution < -0.4 is 5.73 Å². The van der Waals surface area contributed by atoms with E-state index in [1.54, 1.807) is 0 Å². The highest BCUT2D eigenvalue weighted by Crippen LogP contribution is 2.27. The fraction of sp³-hybridized carbons (Fsp3) is 0.667. The average Bonchev–Trinajstić information content (AvgIpc) is 2.75. The predicted octanol–water partition coefficient (Wildman–Crippen LogP) is 2.67. The van der Waals surface area contributed by atoms with Crippen molar-refractivity contribution < 1.29 is 4.74 Å². The first-order valence-electron chi connectivity index (χ1n) is 6.01. The molecule has 0 radical (unpaired) electrons. The van der Waals surface area contributed by atoms with Gasteiger partial charge in [-0.3, -0.25) is 0 Å². The Hall–Kier alpha value is -0.680. The van der Waals surface area contributed by atoms with Gasteiger partial charge in [0.25, 0.3) is 0 Å². The molecule has 94 valence electrons. The van der Waals surface area contributed by atoms with Gasteiger partial charge in [0.2, 0.25) is 0 Å². The van der Waals surface area contributed by atoms with Gasteiger partial charge in [-0.15, -0.1) is 0 Å². The lowest BCUT2D eigenvalue weighted by Crippen LogP contribution is -2.14. The fourth-order valence-electron chi connectivity index (χ4n) is 2.02. The van der Waals surface area contributed by atoms with Gasteiger partial charge >= 0.3 is 0 Å². The lowest BCUT2D eigenvalue weighted by molar-refractivity contribution is 0.110. The lowest BCUT2D eigenvalue weighted by Gasteiger charge is -2.13. The van der Waals surface area contributed by atoms with E-state index in [9.17, 15) is 0 Å². The number of rotatable bonds is 3. The maximum Gasteiger partial charge on any atom is 0.141 e. The third kappa shape index (κ3) is 2.96. The van der Waals surface area contributed by atoms with Gasteiger partial charge in [-0.2, -0.15) is 0 Å². The molecular weight excluding hydrogens is 282 g/mol. The summed E-state index contributed by atoms with van der Waals surface area (Å²) in [7, 11) is 0. The Morgan fingerprint density at radius 1 is 1.47 bits per heavy atom. The van der Waals surface area contributed by atoms with Crippen LogP contribution in [-0.4, -0.2) is 22.7 Å². The van der Waals surface area contributed by atoms with Crippen LogP contribution >= 0.6 is 15.9 Å².